The van der Waals surface area contributed by atoms with Gasteiger partial charge in [0.1, 0.15) is 11.4 Å². The van der Waals surface area contributed by atoms with Crippen LogP contribution in [0.1, 0.15) is 23.2 Å². The maximum Gasteiger partial charge on any atom is 0.329 e. The Morgan fingerprint density at radius 1 is 1.30 bits per heavy atom. The van der Waals surface area contributed by atoms with Crippen molar-refractivity contribution < 1.29 is 23.8 Å². The SMILES string of the molecule is O=C(NC1(C(=O)O)CCOCC1)c1cc(F)cc2cccnc12. The molecule has 1 fully saturated rings. The van der Waals surface area contributed by atoms with Crippen molar-refractivity contribution in [1.82, 2.24) is 10.3 Å². The van der Waals surface area contributed by atoms with Gasteiger partial charge in [-0.3, -0.25) is 9.78 Å². The molecule has 3 rings (SSSR count). The minimum absolute atomic E-state index is 0.0210. The molecule has 0 spiro atoms. The molecule has 1 aromatic heterocycles. The summed E-state index contributed by atoms with van der Waals surface area (Å²) in [7, 11) is 0. The first-order valence-electron chi connectivity index (χ1n) is 7.20. The van der Waals surface area contributed by atoms with Crippen LogP contribution in [-0.2, 0) is 9.53 Å². The van der Waals surface area contributed by atoms with Gasteiger partial charge in [0, 0.05) is 37.6 Å². The van der Waals surface area contributed by atoms with E-state index < -0.39 is 23.2 Å². The number of rotatable bonds is 3. The van der Waals surface area contributed by atoms with Crippen molar-refractivity contribution in [2.75, 3.05) is 13.2 Å². The van der Waals surface area contributed by atoms with Crippen molar-refractivity contribution in [3.8, 4) is 0 Å². The molecule has 0 aliphatic carbocycles. The van der Waals surface area contributed by atoms with Gasteiger partial charge in [0.05, 0.1) is 11.1 Å². The molecular formula is C16H15FN2O4. The first kappa shape index (κ1) is 15.4. The number of ether oxygens (including phenoxy) is 1. The van der Waals surface area contributed by atoms with Gasteiger partial charge in [-0.1, -0.05) is 6.07 Å². The maximum atomic E-state index is 13.7. The highest BCUT2D eigenvalue weighted by Gasteiger charge is 2.42. The molecule has 0 saturated carbocycles. The van der Waals surface area contributed by atoms with Gasteiger partial charge in [0.25, 0.3) is 5.91 Å². The Bertz CT molecular complexity index is 772. The molecule has 1 saturated heterocycles. The summed E-state index contributed by atoms with van der Waals surface area (Å²) in [5.41, 5.74) is -1.05. The lowest BCUT2D eigenvalue weighted by atomic mass is 9.89. The zero-order valence-electron chi connectivity index (χ0n) is 12.2. The van der Waals surface area contributed by atoms with Crippen LogP contribution in [0.25, 0.3) is 10.9 Å². The van der Waals surface area contributed by atoms with Crippen LogP contribution in [0.3, 0.4) is 0 Å². The average Bonchev–Trinajstić information content (AvgIpc) is 2.54. The second-order valence-corrected chi connectivity index (χ2v) is 5.48. The van der Waals surface area contributed by atoms with Crippen LogP contribution in [-0.4, -0.2) is 40.7 Å². The summed E-state index contributed by atoms with van der Waals surface area (Å²) in [4.78, 5) is 28.3. The van der Waals surface area contributed by atoms with Crippen LogP contribution in [0.4, 0.5) is 4.39 Å². The number of halogens is 1. The number of nitrogens with one attached hydrogen (secondary N) is 1. The van der Waals surface area contributed by atoms with Crippen LogP contribution in [0.5, 0.6) is 0 Å². The molecular weight excluding hydrogens is 303 g/mol. The van der Waals surface area contributed by atoms with Crippen molar-refractivity contribution in [3.63, 3.8) is 0 Å². The molecule has 1 aliphatic rings. The van der Waals surface area contributed by atoms with Gasteiger partial charge in [0.2, 0.25) is 0 Å². The Kier molecular flexibility index (Phi) is 3.96. The first-order chi connectivity index (χ1) is 11.0. The zero-order valence-corrected chi connectivity index (χ0v) is 12.2. The van der Waals surface area contributed by atoms with E-state index in [2.05, 4.69) is 10.3 Å². The number of amides is 1. The van der Waals surface area contributed by atoms with Crippen LogP contribution in [0.15, 0.2) is 30.5 Å². The maximum absolute atomic E-state index is 13.7. The van der Waals surface area contributed by atoms with E-state index in [4.69, 9.17) is 4.74 Å². The largest absolute Gasteiger partial charge is 0.480 e. The van der Waals surface area contributed by atoms with Gasteiger partial charge in [-0.2, -0.15) is 0 Å². The number of hydrogen-bond donors (Lipinski definition) is 2. The van der Waals surface area contributed by atoms with Crippen LogP contribution in [0.2, 0.25) is 0 Å². The summed E-state index contributed by atoms with van der Waals surface area (Å²) in [6, 6.07) is 5.63. The van der Waals surface area contributed by atoms with Gasteiger partial charge >= 0.3 is 5.97 Å². The Morgan fingerprint density at radius 3 is 2.74 bits per heavy atom. The van der Waals surface area contributed by atoms with Crippen molar-refractivity contribution >= 4 is 22.8 Å². The Labute approximate surface area is 131 Å². The summed E-state index contributed by atoms with van der Waals surface area (Å²) in [6.07, 6.45) is 1.82. The van der Waals surface area contributed by atoms with Gasteiger partial charge in [-0.15, -0.1) is 0 Å². The zero-order chi connectivity index (χ0) is 16.4. The van der Waals surface area contributed by atoms with E-state index in [-0.39, 0.29) is 31.6 Å². The Balaban J connectivity index is 1.98. The standard InChI is InChI=1S/C16H15FN2O4/c17-11-8-10-2-1-5-18-13(10)12(9-11)14(20)19-16(15(21)22)3-6-23-7-4-16/h1-2,5,8-9H,3-4,6-7H2,(H,19,20)(H,21,22). The highest BCUT2D eigenvalue weighted by atomic mass is 19.1. The number of carboxylic acid groups (broad SMARTS) is 1. The summed E-state index contributed by atoms with van der Waals surface area (Å²) in [6.45, 7) is 0.490. The summed E-state index contributed by atoms with van der Waals surface area (Å²) < 4.78 is 18.9. The summed E-state index contributed by atoms with van der Waals surface area (Å²) in [5, 5.41) is 12.5. The number of pyridine rings is 1. The molecule has 0 unspecified atom stereocenters. The van der Waals surface area contributed by atoms with Crippen molar-refractivity contribution in [2.24, 2.45) is 0 Å². The predicted octanol–water partition coefficient (Wildman–Crippen LogP) is 1.74. The van der Waals surface area contributed by atoms with Gasteiger partial charge in [-0.05, 0) is 18.2 Å². The highest BCUT2D eigenvalue weighted by Crippen LogP contribution is 2.24. The predicted molar refractivity (Wildman–Crippen MR) is 79.6 cm³/mol. The van der Waals surface area contributed by atoms with E-state index >= 15 is 0 Å². The van der Waals surface area contributed by atoms with E-state index in [0.29, 0.717) is 10.9 Å². The molecule has 23 heavy (non-hydrogen) atoms. The third-order valence-corrected chi connectivity index (χ3v) is 4.02. The molecule has 0 bridgehead atoms. The van der Waals surface area contributed by atoms with Gasteiger partial charge in [0.15, 0.2) is 0 Å². The molecule has 0 radical (unpaired) electrons. The summed E-state index contributed by atoms with van der Waals surface area (Å²) >= 11 is 0. The second-order valence-electron chi connectivity index (χ2n) is 5.48. The number of carboxylic acids is 1. The molecule has 1 aromatic carbocycles. The van der Waals surface area contributed by atoms with Crippen molar-refractivity contribution in [2.45, 2.75) is 18.4 Å². The molecule has 2 aromatic rings. The minimum Gasteiger partial charge on any atom is -0.480 e. The molecule has 7 heteroatoms. The van der Waals surface area contributed by atoms with Crippen molar-refractivity contribution in [3.05, 3.63) is 41.8 Å². The van der Waals surface area contributed by atoms with Crippen LogP contribution in [0, 0.1) is 5.82 Å². The Morgan fingerprint density at radius 2 is 2.04 bits per heavy atom. The molecule has 0 atom stereocenters. The monoisotopic (exact) mass is 318 g/mol. The molecule has 1 amide bonds. The van der Waals surface area contributed by atoms with E-state index in [0.717, 1.165) is 6.07 Å². The molecule has 2 N–H and O–H groups in total. The number of nitrogens with zero attached hydrogens (tertiary/aromatic N) is 1. The fourth-order valence-corrected chi connectivity index (χ4v) is 2.73. The lowest BCUT2D eigenvalue weighted by Crippen LogP contribution is -2.57. The first-order valence-corrected chi connectivity index (χ1v) is 7.20. The molecule has 6 nitrogen and oxygen atoms in total. The number of benzene rings is 1. The number of carbonyl (C=O) groups excluding carboxylic acids is 1. The highest BCUT2D eigenvalue weighted by molar-refractivity contribution is 6.07. The van der Waals surface area contributed by atoms with E-state index in [1.807, 2.05) is 0 Å². The number of aromatic nitrogens is 1. The van der Waals surface area contributed by atoms with E-state index in [1.54, 1.807) is 12.1 Å². The number of carbonyl (C=O) groups is 2. The quantitative estimate of drug-likeness (QED) is 0.900. The minimum atomic E-state index is -1.40. The number of aliphatic carboxylic acids is 1. The van der Waals surface area contributed by atoms with Gasteiger partial charge in [-0.25, -0.2) is 9.18 Å². The second kappa shape index (κ2) is 5.92. The summed E-state index contributed by atoms with van der Waals surface area (Å²) in [5.74, 6) is -2.35. The fourth-order valence-electron chi connectivity index (χ4n) is 2.73. The fraction of sp³-hybridized carbons (Fsp3) is 0.312. The molecule has 1 aliphatic heterocycles. The Hall–Kier alpha value is -2.54. The lowest BCUT2D eigenvalue weighted by Gasteiger charge is -2.33. The van der Waals surface area contributed by atoms with E-state index in [9.17, 15) is 19.1 Å². The molecule has 2 heterocycles. The third kappa shape index (κ3) is 2.87. The third-order valence-electron chi connectivity index (χ3n) is 4.02. The van der Waals surface area contributed by atoms with Crippen LogP contribution < -0.4 is 5.32 Å². The van der Waals surface area contributed by atoms with Crippen molar-refractivity contribution in [1.29, 1.82) is 0 Å². The van der Waals surface area contributed by atoms with E-state index in [1.165, 1.54) is 12.3 Å². The van der Waals surface area contributed by atoms with Crippen LogP contribution >= 0.6 is 0 Å². The van der Waals surface area contributed by atoms with Gasteiger partial charge < -0.3 is 15.2 Å². The smallest absolute Gasteiger partial charge is 0.329 e. The topological polar surface area (TPSA) is 88.5 Å². The number of fused-ring (bicyclic) bond motifs is 1. The molecule has 120 valence electrons. The number of hydrogen-bond acceptors (Lipinski definition) is 4. The normalized spacial score (nSPS) is 16.9. The lowest BCUT2D eigenvalue weighted by molar-refractivity contribution is -0.148. The average molecular weight is 318 g/mol.